The van der Waals surface area contributed by atoms with Crippen molar-refractivity contribution >= 4 is 5.97 Å². The van der Waals surface area contributed by atoms with Crippen LogP contribution in [0.3, 0.4) is 0 Å². The molecule has 0 radical (unpaired) electrons. The first-order valence-electron chi connectivity index (χ1n) is 3.72. The van der Waals surface area contributed by atoms with Gasteiger partial charge in [0.25, 0.3) is 0 Å². The SMILES string of the molecule is CCNCc1[nH]cnc1C(=O)O. The van der Waals surface area contributed by atoms with Crippen molar-refractivity contribution < 1.29 is 9.90 Å². The lowest BCUT2D eigenvalue weighted by atomic mass is 10.3. The summed E-state index contributed by atoms with van der Waals surface area (Å²) in [7, 11) is 0. The van der Waals surface area contributed by atoms with Crippen molar-refractivity contribution in [3.8, 4) is 0 Å². The van der Waals surface area contributed by atoms with E-state index < -0.39 is 5.97 Å². The molecule has 0 unspecified atom stereocenters. The fourth-order valence-electron chi connectivity index (χ4n) is 0.890. The van der Waals surface area contributed by atoms with E-state index in [1.54, 1.807) is 0 Å². The molecule has 1 heterocycles. The maximum Gasteiger partial charge on any atom is 0.356 e. The van der Waals surface area contributed by atoms with Gasteiger partial charge in [-0.1, -0.05) is 6.92 Å². The van der Waals surface area contributed by atoms with E-state index >= 15 is 0 Å². The highest BCUT2D eigenvalue weighted by Crippen LogP contribution is 2.01. The molecule has 1 aromatic rings. The summed E-state index contributed by atoms with van der Waals surface area (Å²) in [5, 5.41) is 11.7. The van der Waals surface area contributed by atoms with Crippen LogP contribution in [0.4, 0.5) is 0 Å². The molecule has 5 heteroatoms. The molecule has 12 heavy (non-hydrogen) atoms. The van der Waals surface area contributed by atoms with Gasteiger partial charge in [-0.25, -0.2) is 9.78 Å². The number of nitrogens with zero attached hydrogens (tertiary/aromatic N) is 1. The molecule has 1 aromatic heterocycles. The summed E-state index contributed by atoms with van der Waals surface area (Å²) in [6, 6.07) is 0. The van der Waals surface area contributed by atoms with Crippen LogP contribution in [0.25, 0.3) is 0 Å². The zero-order valence-electron chi connectivity index (χ0n) is 6.79. The molecule has 0 aliphatic rings. The van der Waals surface area contributed by atoms with E-state index in [1.807, 2.05) is 6.92 Å². The molecule has 5 nitrogen and oxygen atoms in total. The lowest BCUT2D eigenvalue weighted by Crippen LogP contribution is -2.14. The lowest BCUT2D eigenvalue weighted by Gasteiger charge is -1.98. The number of nitrogens with one attached hydrogen (secondary N) is 2. The van der Waals surface area contributed by atoms with Crippen LogP contribution in [0.2, 0.25) is 0 Å². The van der Waals surface area contributed by atoms with Gasteiger partial charge in [0.2, 0.25) is 0 Å². The van der Waals surface area contributed by atoms with Gasteiger partial charge in [-0.2, -0.15) is 0 Å². The average molecular weight is 169 g/mol. The summed E-state index contributed by atoms with van der Waals surface area (Å²) >= 11 is 0. The van der Waals surface area contributed by atoms with Gasteiger partial charge >= 0.3 is 5.97 Å². The summed E-state index contributed by atoms with van der Waals surface area (Å²) in [5.41, 5.74) is 0.709. The third-order valence-electron chi connectivity index (χ3n) is 1.47. The average Bonchev–Trinajstić information content (AvgIpc) is 2.48. The van der Waals surface area contributed by atoms with Gasteiger partial charge in [0.1, 0.15) is 0 Å². The predicted molar refractivity (Wildman–Crippen MR) is 42.9 cm³/mol. The lowest BCUT2D eigenvalue weighted by molar-refractivity contribution is 0.0689. The zero-order chi connectivity index (χ0) is 8.97. The third-order valence-corrected chi connectivity index (χ3v) is 1.47. The molecular formula is C7H11N3O2. The van der Waals surface area contributed by atoms with Crippen molar-refractivity contribution in [3.63, 3.8) is 0 Å². The van der Waals surface area contributed by atoms with Crippen LogP contribution in [0.15, 0.2) is 6.33 Å². The van der Waals surface area contributed by atoms with E-state index in [0.29, 0.717) is 12.2 Å². The highest BCUT2D eigenvalue weighted by atomic mass is 16.4. The maximum atomic E-state index is 10.5. The molecule has 3 N–H and O–H groups in total. The normalized spacial score (nSPS) is 10.1. The molecule has 0 atom stereocenters. The van der Waals surface area contributed by atoms with Gasteiger partial charge in [-0.3, -0.25) is 0 Å². The first kappa shape index (κ1) is 8.73. The summed E-state index contributed by atoms with van der Waals surface area (Å²) in [4.78, 5) is 17.0. The summed E-state index contributed by atoms with van der Waals surface area (Å²) in [6.45, 7) is 3.27. The minimum Gasteiger partial charge on any atom is -0.476 e. The van der Waals surface area contributed by atoms with E-state index in [0.717, 1.165) is 6.54 Å². The van der Waals surface area contributed by atoms with Gasteiger partial charge in [0.15, 0.2) is 5.69 Å². The molecule has 0 spiro atoms. The van der Waals surface area contributed by atoms with Crippen LogP contribution < -0.4 is 5.32 Å². The number of aromatic carboxylic acids is 1. The quantitative estimate of drug-likeness (QED) is 0.602. The molecule has 0 amide bonds. The van der Waals surface area contributed by atoms with Crippen LogP contribution in [-0.2, 0) is 6.54 Å². The van der Waals surface area contributed by atoms with Crippen molar-refractivity contribution in [1.29, 1.82) is 0 Å². The number of H-pyrrole nitrogens is 1. The molecular weight excluding hydrogens is 158 g/mol. The van der Waals surface area contributed by atoms with Crippen molar-refractivity contribution in [3.05, 3.63) is 17.7 Å². The second kappa shape index (κ2) is 3.87. The van der Waals surface area contributed by atoms with Crippen LogP contribution in [-0.4, -0.2) is 27.6 Å². The minimum atomic E-state index is -0.996. The molecule has 0 aliphatic carbocycles. The monoisotopic (exact) mass is 169 g/mol. The minimum absolute atomic E-state index is 0.0935. The number of aromatic amines is 1. The van der Waals surface area contributed by atoms with Crippen LogP contribution in [0.5, 0.6) is 0 Å². The van der Waals surface area contributed by atoms with E-state index in [-0.39, 0.29) is 5.69 Å². The first-order chi connectivity index (χ1) is 5.75. The number of carboxylic acids is 1. The smallest absolute Gasteiger partial charge is 0.356 e. The second-order valence-electron chi connectivity index (χ2n) is 2.32. The molecule has 66 valence electrons. The van der Waals surface area contributed by atoms with Crippen molar-refractivity contribution in [1.82, 2.24) is 15.3 Å². The molecule has 0 saturated carbocycles. The largest absolute Gasteiger partial charge is 0.476 e. The number of hydrogen-bond acceptors (Lipinski definition) is 3. The Balaban J connectivity index is 2.70. The Bertz CT molecular complexity index is 269. The van der Waals surface area contributed by atoms with Crippen molar-refractivity contribution in [2.75, 3.05) is 6.54 Å². The third kappa shape index (κ3) is 1.82. The van der Waals surface area contributed by atoms with Crippen LogP contribution in [0.1, 0.15) is 23.1 Å². The summed E-state index contributed by atoms with van der Waals surface area (Å²) < 4.78 is 0. The molecule has 1 rings (SSSR count). The highest BCUT2D eigenvalue weighted by Gasteiger charge is 2.11. The van der Waals surface area contributed by atoms with Gasteiger partial charge in [0.05, 0.1) is 12.0 Å². The summed E-state index contributed by atoms with van der Waals surface area (Å²) in [6.07, 6.45) is 1.39. The van der Waals surface area contributed by atoms with E-state index in [9.17, 15) is 4.79 Å². The second-order valence-corrected chi connectivity index (χ2v) is 2.32. The number of rotatable bonds is 4. The fraction of sp³-hybridized carbons (Fsp3) is 0.429. The Morgan fingerprint density at radius 2 is 2.58 bits per heavy atom. The predicted octanol–water partition coefficient (Wildman–Crippen LogP) is 0.217. The van der Waals surface area contributed by atoms with E-state index in [1.165, 1.54) is 6.33 Å². The van der Waals surface area contributed by atoms with Crippen molar-refractivity contribution in [2.24, 2.45) is 0 Å². The standard InChI is InChI=1S/C7H11N3O2/c1-2-8-3-5-6(7(11)12)10-4-9-5/h4,8H,2-3H2,1H3,(H,9,10)(H,11,12). The molecule has 0 saturated heterocycles. The maximum absolute atomic E-state index is 10.5. The number of imidazole rings is 1. The molecule has 0 bridgehead atoms. The van der Waals surface area contributed by atoms with Gasteiger partial charge in [-0.05, 0) is 6.54 Å². The summed E-state index contributed by atoms with van der Waals surface area (Å²) in [5.74, 6) is -0.996. The van der Waals surface area contributed by atoms with E-state index in [4.69, 9.17) is 5.11 Å². The molecule has 0 fully saturated rings. The fourth-order valence-corrected chi connectivity index (χ4v) is 0.890. The van der Waals surface area contributed by atoms with Crippen LogP contribution in [0, 0.1) is 0 Å². The highest BCUT2D eigenvalue weighted by molar-refractivity contribution is 5.86. The number of aromatic nitrogens is 2. The van der Waals surface area contributed by atoms with E-state index in [2.05, 4.69) is 15.3 Å². The topological polar surface area (TPSA) is 78.0 Å². The first-order valence-corrected chi connectivity index (χ1v) is 3.72. The number of carbonyl (C=O) groups is 1. The van der Waals surface area contributed by atoms with Crippen molar-refractivity contribution in [2.45, 2.75) is 13.5 Å². The number of hydrogen-bond donors (Lipinski definition) is 3. The Morgan fingerprint density at radius 3 is 3.17 bits per heavy atom. The van der Waals surface area contributed by atoms with Crippen LogP contribution >= 0.6 is 0 Å². The zero-order valence-corrected chi connectivity index (χ0v) is 6.79. The van der Waals surface area contributed by atoms with Gasteiger partial charge < -0.3 is 15.4 Å². The molecule has 0 aromatic carbocycles. The van der Waals surface area contributed by atoms with Gasteiger partial charge in [0, 0.05) is 6.54 Å². The Kier molecular flexibility index (Phi) is 2.82. The molecule has 0 aliphatic heterocycles. The number of carboxylic acid groups (broad SMARTS) is 1. The Hall–Kier alpha value is -1.36. The Labute approximate surface area is 69.8 Å². The Morgan fingerprint density at radius 1 is 1.83 bits per heavy atom. The van der Waals surface area contributed by atoms with Gasteiger partial charge in [-0.15, -0.1) is 0 Å².